The third kappa shape index (κ3) is 3.26. The first kappa shape index (κ1) is 18.2. The summed E-state index contributed by atoms with van der Waals surface area (Å²) in [6.07, 6.45) is 3.93. The molecule has 4 rings (SSSR count). The van der Waals surface area contributed by atoms with Crippen LogP contribution in [0.25, 0.3) is 10.9 Å². The van der Waals surface area contributed by atoms with Gasteiger partial charge in [0.25, 0.3) is 5.56 Å². The lowest BCUT2D eigenvalue weighted by molar-refractivity contribution is -0.116. The topological polar surface area (TPSA) is 73.1 Å². The zero-order valence-electron chi connectivity index (χ0n) is 15.9. The first-order valence-electron chi connectivity index (χ1n) is 9.72. The number of fused-ring (bicyclic) bond motifs is 2. The smallest absolute Gasteiger partial charge is 0.325 e. The van der Waals surface area contributed by atoms with Gasteiger partial charge in [-0.25, -0.2) is 4.79 Å². The largest absolute Gasteiger partial charge is 0.331 e. The quantitative estimate of drug-likeness (QED) is 0.743. The molecule has 6 heteroatoms. The van der Waals surface area contributed by atoms with Gasteiger partial charge in [-0.05, 0) is 61.1 Å². The van der Waals surface area contributed by atoms with Gasteiger partial charge in [-0.2, -0.15) is 0 Å². The first-order chi connectivity index (χ1) is 13.6. The third-order valence-electron chi connectivity index (χ3n) is 5.26. The lowest BCUT2D eigenvalue weighted by Crippen LogP contribution is -2.41. The molecule has 1 aliphatic carbocycles. The van der Waals surface area contributed by atoms with Crippen molar-refractivity contribution in [1.29, 1.82) is 0 Å². The Bertz CT molecular complexity index is 1170. The van der Waals surface area contributed by atoms with E-state index in [4.69, 9.17) is 0 Å². The second-order valence-electron chi connectivity index (χ2n) is 7.23. The number of hydrogen-bond donors (Lipinski definition) is 1. The molecule has 0 atom stereocenters. The summed E-state index contributed by atoms with van der Waals surface area (Å²) in [5.41, 5.74) is 3.08. The van der Waals surface area contributed by atoms with Crippen molar-refractivity contribution in [2.75, 3.05) is 5.32 Å². The van der Waals surface area contributed by atoms with E-state index in [1.165, 1.54) is 20.3 Å². The number of nitrogens with one attached hydrogen (secondary N) is 1. The predicted molar refractivity (Wildman–Crippen MR) is 110 cm³/mol. The highest BCUT2D eigenvalue weighted by molar-refractivity contribution is 5.91. The van der Waals surface area contributed by atoms with E-state index in [2.05, 4.69) is 11.4 Å². The molecule has 1 aromatic heterocycles. The number of carbonyl (C=O) groups is 1. The van der Waals surface area contributed by atoms with Crippen molar-refractivity contribution in [3.05, 3.63) is 74.4 Å². The number of aromatic nitrogens is 2. The van der Waals surface area contributed by atoms with Crippen molar-refractivity contribution >= 4 is 22.5 Å². The van der Waals surface area contributed by atoms with Gasteiger partial charge >= 0.3 is 5.69 Å². The van der Waals surface area contributed by atoms with E-state index in [1.54, 1.807) is 24.3 Å². The minimum absolute atomic E-state index is 0.138. The molecule has 0 aliphatic heterocycles. The van der Waals surface area contributed by atoms with Gasteiger partial charge in [0.2, 0.25) is 5.91 Å². The molecule has 0 spiro atoms. The number of para-hydroxylation sites is 1. The van der Waals surface area contributed by atoms with E-state index >= 15 is 0 Å². The number of benzene rings is 2. The number of anilines is 1. The molecule has 0 saturated heterocycles. The van der Waals surface area contributed by atoms with Crippen LogP contribution in [-0.2, 0) is 30.7 Å². The summed E-state index contributed by atoms with van der Waals surface area (Å²) in [6.45, 7) is 2.10. The molecule has 144 valence electrons. The molecule has 2 aromatic carbocycles. The van der Waals surface area contributed by atoms with Crippen molar-refractivity contribution < 1.29 is 4.79 Å². The van der Waals surface area contributed by atoms with Crippen molar-refractivity contribution in [3.8, 4) is 0 Å². The first-order valence-corrected chi connectivity index (χ1v) is 9.72. The van der Waals surface area contributed by atoms with E-state index in [1.807, 2.05) is 19.1 Å². The van der Waals surface area contributed by atoms with Gasteiger partial charge < -0.3 is 5.32 Å². The van der Waals surface area contributed by atoms with Gasteiger partial charge in [-0.15, -0.1) is 0 Å². The number of carbonyl (C=O) groups excluding carboxylic acids is 1. The fourth-order valence-electron chi connectivity index (χ4n) is 3.94. The Morgan fingerprint density at radius 1 is 1.04 bits per heavy atom. The molecule has 1 heterocycles. The number of hydrogen-bond acceptors (Lipinski definition) is 3. The highest BCUT2D eigenvalue weighted by Crippen LogP contribution is 2.24. The molecule has 1 N–H and O–H groups in total. The maximum absolute atomic E-state index is 12.9. The molecule has 1 amide bonds. The van der Waals surface area contributed by atoms with Gasteiger partial charge in [0.15, 0.2) is 0 Å². The third-order valence-corrected chi connectivity index (χ3v) is 5.26. The van der Waals surface area contributed by atoms with E-state index in [0.717, 1.165) is 24.9 Å². The Balaban J connectivity index is 1.68. The van der Waals surface area contributed by atoms with Crippen molar-refractivity contribution in [3.63, 3.8) is 0 Å². The molecule has 3 aromatic rings. The Morgan fingerprint density at radius 2 is 1.82 bits per heavy atom. The van der Waals surface area contributed by atoms with Gasteiger partial charge in [-0.3, -0.25) is 18.7 Å². The van der Waals surface area contributed by atoms with Crippen LogP contribution in [0, 0.1) is 0 Å². The monoisotopic (exact) mass is 377 g/mol. The molecular formula is C22H23N3O3. The Kier molecular flexibility index (Phi) is 4.86. The maximum atomic E-state index is 12.9. The van der Waals surface area contributed by atoms with Crippen LogP contribution in [-0.4, -0.2) is 15.0 Å². The van der Waals surface area contributed by atoms with Crippen LogP contribution in [0.2, 0.25) is 0 Å². The summed E-state index contributed by atoms with van der Waals surface area (Å²) in [6, 6.07) is 12.9. The Labute approximate surface area is 162 Å². The predicted octanol–water partition coefficient (Wildman–Crippen LogP) is 2.70. The highest BCUT2D eigenvalue weighted by Gasteiger charge is 2.16. The fraction of sp³-hybridized carbons (Fsp3) is 0.318. The Morgan fingerprint density at radius 3 is 2.64 bits per heavy atom. The second-order valence-corrected chi connectivity index (χ2v) is 7.23. The summed E-state index contributed by atoms with van der Waals surface area (Å²) in [7, 11) is 0. The zero-order chi connectivity index (χ0) is 19.7. The van der Waals surface area contributed by atoms with Gasteiger partial charge in [0.05, 0.1) is 10.9 Å². The molecule has 0 unspecified atom stereocenters. The summed E-state index contributed by atoms with van der Waals surface area (Å²) in [4.78, 5) is 38.2. The van der Waals surface area contributed by atoms with Gasteiger partial charge in [-0.1, -0.05) is 25.1 Å². The minimum atomic E-state index is -0.449. The molecule has 0 bridgehead atoms. The van der Waals surface area contributed by atoms with E-state index in [0.29, 0.717) is 23.9 Å². The maximum Gasteiger partial charge on any atom is 0.331 e. The van der Waals surface area contributed by atoms with Gasteiger partial charge in [0.1, 0.15) is 6.54 Å². The second kappa shape index (κ2) is 7.46. The summed E-state index contributed by atoms with van der Waals surface area (Å²) in [5, 5.41) is 3.34. The molecule has 6 nitrogen and oxygen atoms in total. The van der Waals surface area contributed by atoms with Crippen LogP contribution in [0.1, 0.15) is 30.9 Å². The lowest BCUT2D eigenvalue weighted by Gasteiger charge is -2.14. The fourth-order valence-corrected chi connectivity index (χ4v) is 3.94. The van der Waals surface area contributed by atoms with Crippen LogP contribution in [0.5, 0.6) is 0 Å². The Hall–Kier alpha value is -3.15. The molecule has 0 saturated carbocycles. The molecular weight excluding hydrogens is 354 g/mol. The average Bonchev–Trinajstić information content (AvgIpc) is 3.16. The summed E-state index contributed by atoms with van der Waals surface area (Å²) < 4.78 is 2.60. The summed E-state index contributed by atoms with van der Waals surface area (Å²) >= 11 is 0. The molecule has 28 heavy (non-hydrogen) atoms. The number of aryl methyl sites for hydroxylation is 2. The van der Waals surface area contributed by atoms with Crippen LogP contribution in [0.3, 0.4) is 0 Å². The zero-order valence-corrected chi connectivity index (χ0v) is 15.9. The molecule has 0 radical (unpaired) electrons. The van der Waals surface area contributed by atoms with Crippen LogP contribution >= 0.6 is 0 Å². The van der Waals surface area contributed by atoms with Crippen LogP contribution in [0.4, 0.5) is 5.69 Å². The highest BCUT2D eigenvalue weighted by atomic mass is 16.2. The standard InChI is InChI=1S/C22H23N3O3/c1-2-12-24-21(27)18-8-3-4-9-19(18)25(22(24)28)14-20(26)23-17-11-10-15-6-5-7-16(15)13-17/h3-4,8-11,13H,2,5-7,12,14H2,1H3,(H,23,26). The van der Waals surface area contributed by atoms with Crippen molar-refractivity contribution in [2.45, 2.75) is 45.7 Å². The lowest BCUT2D eigenvalue weighted by atomic mass is 10.1. The van der Waals surface area contributed by atoms with Crippen LogP contribution in [0.15, 0.2) is 52.1 Å². The minimum Gasteiger partial charge on any atom is -0.325 e. The van der Waals surface area contributed by atoms with E-state index in [9.17, 15) is 14.4 Å². The average molecular weight is 377 g/mol. The van der Waals surface area contributed by atoms with Crippen LogP contribution < -0.4 is 16.6 Å². The number of nitrogens with zero attached hydrogens (tertiary/aromatic N) is 2. The van der Waals surface area contributed by atoms with Crippen molar-refractivity contribution in [2.24, 2.45) is 0 Å². The van der Waals surface area contributed by atoms with Gasteiger partial charge in [0, 0.05) is 12.2 Å². The molecule has 0 fully saturated rings. The molecule has 1 aliphatic rings. The summed E-state index contributed by atoms with van der Waals surface area (Å²) in [5.74, 6) is -0.285. The number of rotatable bonds is 5. The van der Waals surface area contributed by atoms with E-state index < -0.39 is 5.69 Å². The SMILES string of the molecule is CCCn1c(=O)c2ccccc2n(CC(=O)Nc2ccc3c(c2)CCC3)c1=O. The normalized spacial score (nSPS) is 12.9. The number of amides is 1. The van der Waals surface area contributed by atoms with Crippen molar-refractivity contribution in [1.82, 2.24) is 9.13 Å². The van der Waals surface area contributed by atoms with E-state index in [-0.39, 0.29) is 18.0 Å².